The summed E-state index contributed by atoms with van der Waals surface area (Å²) >= 11 is 0. The van der Waals surface area contributed by atoms with Crippen LogP contribution in [0.4, 0.5) is 14.5 Å². The molecule has 1 aliphatic carbocycles. The van der Waals surface area contributed by atoms with Gasteiger partial charge in [0.05, 0.1) is 5.52 Å². The molecule has 1 saturated carbocycles. The normalized spacial score (nSPS) is 14.1. The molecule has 0 atom stereocenters. The highest BCUT2D eigenvalue weighted by Gasteiger charge is 2.25. The SMILES string of the molecule is CC(C)c1c(C(=O)CCc2ccc(F)c(F)c2)c2ccc(NC3CCCC3)cc2n1Cc1ccccc1. The van der Waals surface area contributed by atoms with Crippen LogP contribution in [0.2, 0.25) is 0 Å². The summed E-state index contributed by atoms with van der Waals surface area (Å²) in [6.45, 7) is 4.92. The molecule has 4 aromatic rings. The van der Waals surface area contributed by atoms with Crippen LogP contribution in [-0.2, 0) is 13.0 Å². The molecule has 5 rings (SSSR count). The number of fused-ring (bicyclic) bond motifs is 1. The van der Waals surface area contributed by atoms with Gasteiger partial charge in [0.25, 0.3) is 0 Å². The third-order valence-electron chi connectivity index (χ3n) is 7.46. The topological polar surface area (TPSA) is 34.0 Å². The van der Waals surface area contributed by atoms with E-state index in [0.717, 1.165) is 33.9 Å². The molecule has 1 aliphatic rings. The molecular weight excluding hydrogens is 466 g/mol. The Bertz CT molecular complexity index is 1400. The van der Waals surface area contributed by atoms with Gasteiger partial charge in [-0.3, -0.25) is 4.79 Å². The van der Waals surface area contributed by atoms with Crippen molar-refractivity contribution in [2.75, 3.05) is 5.32 Å². The molecule has 0 aliphatic heterocycles. The summed E-state index contributed by atoms with van der Waals surface area (Å²) in [5, 5.41) is 4.65. The first-order valence-corrected chi connectivity index (χ1v) is 13.3. The van der Waals surface area contributed by atoms with Gasteiger partial charge in [0.2, 0.25) is 0 Å². The van der Waals surface area contributed by atoms with Crippen LogP contribution in [0.25, 0.3) is 10.9 Å². The molecule has 37 heavy (non-hydrogen) atoms. The van der Waals surface area contributed by atoms with E-state index in [1.807, 2.05) is 18.2 Å². The van der Waals surface area contributed by atoms with E-state index in [4.69, 9.17) is 0 Å². The van der Waals surface area contributed by atoms with Crippen molar-refractivity contribution in [3.63, 3.8) is 0 Å². The zero-order valence-electron chi connectivity index (χ0n) is 21.6. The molecule has 0 bridgehead atoms. The number of nitrogens with zero attached hydrogens (tertiary/aromatic N) is 1. The summed E-state index contributed by atoms with van der Waals surface area (Å²) in [4.78, 5) is 13.7. The number of benzene rings is 3. The number of hydrogen-bond donors (Lipinski definition) is 1. The van der Waals surface area contributed by atoms with E-state index in [9.17, 15) is 13.6 Å². The molecule has 0 unspecified atom stereocenters. The Morgan fingerprint density at radius 2 is 1.70 bits per heavy atom. The highest BCUT2D eigenvalue weighted by atomic mass is 19.2. The predicted molar refractivity (Wildman–Crippen MR) is 146 cm³/mol. The molecule has 0 spiro atoms. The second-order valence-electron chi connectivity index (χ2n) is 10.5. The van der Waals surface area contributed by atoms with Gasteiger partial charge in [0.1, 0.15) is 0 Å². The standard InChI is InChI=1S/C32H34F2N2O/c1-21(2)32-31(30(37)17-13-22-12-16-27(33)28(34)18-22)26-15-14-25(35-24-10-6-7-11-24)19-29(26)36(32)20-23-8-4-3-5-9-23/h3-5,8-9,12,14-16,18-19,21,24,35H,6-7,10-11,13,17,20H2,1-2H3. The smallest absolute Gasteiger partial charge is 0.165 e. The lowest BCUT2D eigenvalue weighted by Crippen LogP contribution is -2.14. The van der Waals surface area contributed by atoms with Crippen molar-refractivity contribution in [3.05, 3.63) is 101 Å². The molecule has 1 N–H and O–H groups in total. The van der Waals surface area contributed by atoms with Gasteiger partial charge < -0.3 is 9.88 Å². The second kappa shape index (κ2) is 10.9. The molecule has 1 fully saturated rings. The summed E-state index contributed by atoms with van der Waals surface area (Å²) in [5.74, 6) is -1.59. The third-order valence-corrected chi connectivity index (χ3v) is 7.46. The van der Waals surface area contributed by atoms with Gasteiger partial charge in [-0.1, -0.05) is 69.2 Å². The number of aryl methyl sites for hydroxylation is 1. The number of hydrogen-bond acceptors (Lipinski definition) is 2. The Morgan fingerprint density at radius 1 is 0.946 bits per heavy atom. The lowest BCUT2D eigenvalue weighted by molar-refractivity contribution is 0.0983. The second-order valence-corrected chi connectivity index (χ2v) is 10.5. The number of rotatable bonds is 9. The summed E-state index contributed by atoms with van der Waals surface area (Å²) in [7, 11) is 0. The van der Waals surface area contributed by atoms with Crippen molar-refractivity contribution in [1.82, 2.24) is 4.57 Å². The first kappa shape index (κ1) is 25.2. The minimum atomic E-state index is -0.880. The third kappa shape index (κ3) is 5.46. The largest absolute Gasteiger partial charge is 0.382 e. The van der Waals surface area contributed by atoms with Gasteiger partial charge in [0.15, 0.2) is 17.4 Å². The number of ketones is 1. The van der Waals surface area contributed by atoms with Crippen LogP contribution < -0.4 is 5.32 Å². The molecule has 0 radical (unpaired) electrons. The maximum absolute atomic E-state index is 13.7. The van der Waals surface area contributed by atoms with Gasteiger partial charge >= 0.3 is 0 Å². The number of Topliss-reactive ketones (excluding diaryl/α,β-unsaturated/α-hetero) is 1. The Hall–Kier alpha value is -3.47. The lowest BCUT2D eigenvalue weighted by atomic mass is 9.96. The summed E-state index contributed by atoms with van der Waals surface area (Å²) in [5.41, 5.74) is 5.70. The maximum Gasteiger partial charge on any atom is 0.165 e. The molecule has 0 saturated heterocycles. The van der Waals surface area contributed by atoms with Gasteiger partial charge in [-0.25, -0.2) is 8.78 Å². The summed E-state index contributed by atoms with van der Waals surface area (Å²) in [6, 6.07) is 21.0. The highest BCUT2D eigenvalue weighted by Crippen LogP contribution is 2.35. The minimum Gasteiger partial charge on any atom is -0.382 e. The van der Waals surface area contributed by atoms with E-state index in [0.29, 0.717) is 24.6 Å². The molecular formula is C32H34F2N2O. The molecule has 0 amide bonds. The van der Waals surface area contributed by atoms with Crippen LogP contribution in [0.5, 0.6) is 0 Å². The average Bonchev–Trinajstić information content (AvgIpc) is 3.51. The van der Waals surface area contributed by atoms with Gasteiger partial charge in [-0.2, -0.15) is 0 Å². The van der Waals surface area contributed by atoms with Crippen molar-refractivity contribution >= 4 is 22.4 Å². The first-order valence-electron chi connectivity index (χ1n) is 13.3. The van der Waals surface area contributed by atoms with Crippen molar-refractivity contribution in [1.29, 1.82) is 0 Å². The fourth-order valence-electron chi connectivity index (χ4n) is 5.67. The van der Waals surface area contributed by atoms with Crippen LogP contribution in [0.3, 0.4) is 0 Å². The molecule has 5 heteroatoms. The van der Waals surface area contributed by atoms with Crippen LogP contribution in [0.1, 0.15) is 79.0 Å². The zero-order valence-corrected chi connectivity index (χ0v) is 21.6. The van der Waals surface area contributed by atoms with E-state index in [-0.39, 0.29) is 18.1 Å². The fourth-order valence-corrected chi connectivity index (χ4v) is 5.67. The molecule has 3 nitrogen and oxygen atoms in total. The molecule has 192 valence electrons. The van der Waals surface area contributed by atoms with Crippen molar-refractivity contribution in [3.8, 4) is 0 Å². The Labute approximate surface area is 217 Å². The van der Waals surface area contributed by atoms with Crippen molar-refractivity contribution < 1.29 is 13.6 Å². The monoisotopic (exact) mass is 500 g/mol. The van der Waals surface area contributed by atoms with Crippen LogP contribution in [0.15, 0.2) is 66.7 Å². The zero-order chi connectivity index (χ0) is 25.9. The number of carbonyl (C=O) groups is 1. The van der Waals surface area contributed by atoms with Crippen LogP contribution in [-0.4, -0.2) is 16.4 Å². The van der Waals surface area contributed by atoms with E-state index < -0.39 is 11.6 Å². The Kier molecular flexibility index (Phi) is 7.40. The fraction of sp³-hybridized carbons (Fsp3) is 0.344. The van der Waals surface area contributed by atoms with Gasteiger partial charge in [-0.05, 0) is 60.6 Å². The predicted octanol–water partition coefficient (Wildman–Crippen LogP) is 8.26. The van der Waals surface area contributed by atoms with Crippen molar-refractivity contribution in [2.24, 2.45) is 0 Å². The first-order chi connectivity index (χ1) is 17.9. The van der Waals surface area contributed by atoms with Crippen molar-refractivity contribution in [2.45, 2.75) is 70.9 Å². The van der Waals surface area contributed by atoms with E-state index in [1.165, 1.54) is 37.3 Å². The Morgan fingerprint density at radius 3 is 2.41 bits per heavy atom. The number of halogens is 2. The molecule has 3 aromatic carbocycles. The number of aromatic nitrogens is 1. The highest BCUT2D eigenvalue weighted by molar-refractivity contribution is 6.10. The van der Waals surface area contributed by atoms with Gasteiger partial charge in [-0.15, -0.1) is 0 Å². The van der Waals surface area contributed by atoms with E-state index >= 15 is 0 Å². The summed E-state index contributed by atoms with van der Waals surface area (Å²) < 4.78 is 29.4. The van der Waals surface area contributed by atoms with Gasteiger partial charge in [0, 0.05) is 41.3 Å². The number of carbonyl (C=O) groups excluding carboxylic acids is 1. The number of nitrogens with one attached hydrogen (secondary N) is 1. The van der Waals surface area contributed by atoms with Crippen LogP contribution in [0, 0.1) is 11.6 Å². The van der Waals surface area contributed by atoms with E-state index in [1.54, 1.807) is 6.07 Å². The van der Waals surface area contributed by atoms with E-state index in [2.05, 4.69) is 54.1 Å². The number of anilines is 1. The quantitative estimate of drug-likeness (QED) is 0.235. The molecule has 1 aromatic heterocycles. The minimum absolute atomic E-state index is 0.0294. The molecule has 1 heterocycles. The Balaban J connectivity index is 1.55. The average molecular weight is 501 g/mol. The lowest BCUT2D eigenvalue weighted by Gasteiger charge is -2.16. The maximum atomic E-state index is 13.7. The summed E-state index contributed by atoms with van der Waals surface area (Å²) in [6.07, 6.45) is 5.50. The van der Waals surface area contributed by atoms with Crippen LogP contribution >= 0.6 is 0 Å².